The minimum atomic E-state index is -4.81. The van der Waals surface area contributed by atoms with Gasteiger partial charge in [0.2, 0.25) is 5.91 Å². The number of alkyl halides is 3. The van der Waals surface area contributed by atoms with Crippen LogP contribution in [0.2, 0.25) is 0 Å². The maximum absolute atomic E-state index is 13.7. The van der Waals surface area contributed by atoms with E-state index in [1.54, 1.807) is 24.4 Å². The second kappa shape index (κ2) is 13.6. The Morgan fingerprint density at radius 2 is 1.76 bits per heavy atom. The Bertz CT molecular complexity index is 1600. The molecule has 0 saturated heterocycles. The van der Waals surface area contributed by atoms with E-state index in [4.69, 9.17) is 0 Å². The Morgan fingerprint density at radius 1 is 0.976 bits per heavy atom. The van der Waals surface area contributed by atoms with Gasteiger partial charge in [0.25, 0.3) is 11.5 Å². The molecule has 2 heterocycles. The van der Waals surface area contributed by atoms with Crippen LogP contribution in [0.25, 0.3) is 0 Å². The molecule has 10 nitrogen and oxygen atoms in total. The average Bonchev–Trinajstić information content (AvgIpc) is 3.40. The molecule has 2 aromatic heterocycles. The summed E-state index contributed by atoms with van der Waals surface area (Å²) in [6.07, 6.45) is -0.740. The van der Waals surface area contributed by atoms with E-state index in [2.05, 4.69) is 25.7 Å². The number of rotatable bonds is 12. The highest BCUT2D eigenvalue weighted by Crippen LogP contribution is 2.23. The Balaban J connectivity index is 1.19. The number of amides is 2. The van der Waals surface area contributed by atoms with Gasteiger partial charge in [-0.25, -0.2) is 4.39 Å². The summed E-state index contributed by atoms with van der Waals surface area (Å²) in [5, 5.41) is 12.9. The SMILES string of the molecule is O=C(Cc1ccccc1F)Nc1ccn(CCCCn2cc(C(=O)NCc3cccc(OC(F)(F)F)c3)nn2)c(=O)c1. The van der Waals surface area contributed by atoms with Crippen molar-refractivity contribution in [1.29, 1.82) is 0 Å². The second-order valence-corrected chi connectivity index (χ2v) is 9.22. The fourth-order valence-corrected chi connectivity index (χ4v) is 3.98. The summed E-state index contributed by atoms with van der Waals surface area (Å²) in [6.45, 7) is 0.793. The molecule has 0 aliphatic heterocycles. The number of benzene rings is 2. The third kappa shape index (κ3) is 9.01. The van der Waals surface area contributed by atoms with Crippen LogP contribution in [0.1, 0.15) is 34.5 Å². The van der Waals surface area contributed by atoms with E-state index in [0.29, 0.717) is 37.2 Å². The first kappa shape index (κ1) is 30.0. The van der Waals surface area contributed by atoms with Crippen LogP contribution < -0.4 is 20.9 Å². The number of aryl methyl sites for hydroxylation is 2. The van der Waals surface area contributed by atoms with Crippen molar-refractivity contribution in [3.63, 3.8) is 0 Å². The number of nitrogens with zero attached hydrogens (tertiary/aromatic N) is 4. The topological polar surface area (TPSA) is 120 Å². The van der Waals surface area contributed by atoms with Crippen molar-refractivity contribution in [2.45, 2.75) is 45.3 Å². The molecule has 4 aromatic rings. The number of pyridine rings is 1. The van der Waals surface area contributed by atoms with Gasteiger partial charge in [0.15, 0.2) is 5.69 Å². The second-order valence-electron chi connectivity index (χ2n) is 9.22. The molecule has 0 radical (unpaired) electrons. The lowest BCUT2D eigenvalue weighted by atomic mass is 10.1. The van der Waals surface area contributed by atoms with Crippen LogP contribution in [-0.4, -0.2) is 37.7 Å². The predicted octanol–water partition coefficient (Wildman–Crippen LogP) is 4.07. The lowest BCUT2D eigenvalue weighted by molar-refractivity contribution is -0.274. The van der Waals surface area contributed by atoms with E-state index in [1.165, 1.54) is 51.8 Å². The zero-order valence-corrected chi connectivity index (χ0v) is 22.1. The highest BCUT2D eigenvalue weighted by Gasteiger charge is 2.31. The Hall–Kier alpha value is -5.01. The predicted molar refractivity (Wildman–Crippen MR) is 143 cm³/mol. The summed E-state index contributed by atoms with van der Waals surface area (Å²) in [5.41, 5.74) is 0.710. The van der Waals surface area contributed by atoms with Gasteiger partial charge in [-0.15, -0.1) is 18.3 Å². The van der Waals surface area contributed by atoms with Crippen LogP contribution in [0.4, 0.5) is 23.2 Å². The van der Waals surface area contributed by atoms with Crippen LogP contribution in [-0.2, 0) is 30.8 Å². The van der Waals surface area contributed by atoms with Crippen molar-refractivity contribution in [2.24, 2.45) is 0 Å². The van der Waals surface area contributed by atoms with Crippen LogP contribution in [0.3, 0.4) is 0 Å². The van der Waals surface area contributed by atoms with Gasteiger partial charge in [-0.3, -0.25) is 19.1 Å². The standard InChI is InChI=1S/C28H26F4N6O4/c29-23-9-2-1-7-20(23)15-25(39)34-21-10-13-37(26(40)16-21)11-3-4-12-38-18-24(35-36-38)27(41)33-17-19-6-5-8-22(14-19)42-28(30,31)32/h1-2,5-10,13-14,16,18H,3-4,11-12,15,17H2,(H,33,41)(H,34,39). The van der Waals surface area contributed by atoms with Gasteiger partial charge >= 0.3 is 6.36 Å². The highest BCUT2D eigenvalue weighted by molar-refractivity contribution is 5.92. The molecular formula is C28H26F4N6O4. The third-order valence-electron chi connectivity index (χ3n) is 5.98. The van der Waals surface area contributed by atoms with Crippen molar-refractivity contribution in [3.05, 3.63) is 106 Å². The number of ether oxygens (including phenoxy) is 1. The van der Waals surface area contributed by atoms with Crippen LogP contribution in [0.5, 0.6) is 5.75 Å². The smallest absolute Gasteiger partial charge is 0.406 e. The molecule has 42 heavy (non-hydrogen) atoms. The van der Waals surface area contributed by atoms with Crippen molar-refractivity contribution in [3.8, 4) is 5.75 Å². The minimum Gasteiger partial charge on any atom is -0.406 e. The molecular weight excluding hydrogens is 560 g/mol. The summed E-state index contributed by atoms with van der Waals surface area (Å²) >= 11 is 0. The molecule has 0 bridgehead atoms. The number of hydrogen-bond donors (Lipinski definition) is 2. The van der Waals surface area contributed by atoms with Crippen molar-refractivity contribution >= 4 is 17.5 Å². The van der Waals surface area contributed by atoms with Crippen molar-refractivity contribution in [1.82, 2.24) is 24.9 Å². The molecule has 14 heteroatoms. The van der Waals surface area contributed by atoms with Crippen molar-refractivity contribution < 1.29 is 31.9 Å². The van der Waals surface area contributed by atoms with Gasteiger partial charge in [-0.1, -0.05) is 35.5 Å². The van der Waals surface area contributed by atoms with E-state index in [0.717, 1.165) is 6.07 Å². The van der Waals surface area contributed by atoms with Gasteiger partial charge in [0, 0.05) is 37.6 Å². The average molecular weight is 587 g/mol. The number of nitrogens with one attached hydrogen (secondary N) is 2. The van der Waals surface area contributed by atoms with E-state index in [1.807, 2.05) is 0 Å². The molecule has 2 amide bonds. The number of anilines is 1. The molecule has 2 aromatic carbocycles. The van der Waals surface area contributed by atoms with E-state index in [-0.39, 0.29) is 35.5 Å². The first-order chi connectivity index (χ1) is 20.1. The fourth-order valence-electron chi connectivity index (χ4n) is 3.98. The lowest BCUT2D eigenvalue weighted by Gasteiger charge is -2.10. The van der Waals surface area contributed by atoms with E-state index in [9.17, 15) is 31.9 Å². The summed E-state index contributed by atoms with van der Waals surface area (Å²) in [4.78, 5) is 37.0. The molecule has 0 atom stereocenters. The summed E-state index contributed by atoms with van der Waals surface area (Å²) in [7, 11) is 0. The number of carbonyl (C=O) groups excluding carboxylic acids is 2. The maximum atomic E-state index is 13.7. The first-order valence-corrected chi connectivity index (χ1v) is 12.8. The lowest BCUT2D eigenvalue weighted by Crippen LogP contribution is -2.23. The van der Waals surface area contributed by atoms with E-state index < -0.39 is 24.0 Å². The minimum absolute atomic E-state index is 0.0381. The van der Waals surface area contributed by atoms with Gasteiger partial charge in [0.05, 0.1) is 12.6 Å². The molecule has 0 spiro atoms. The van der Waals surface area contributed by atoms with Crippen LogP contribution in [0, 0.1) is 5.82 Å². The van der Waals surface area contributed by atoms with Crippen LogP contribution >= 0.6 is 0 Å². The normalized spacial score (nSPS) is 11.2. The zero-order valence-electron chi connectivity index (χ0n) is 22.1. The van der Waals surface area contributed by atoms with Crippen molar-refractivity contribution in [2.75, 3.05) is 5.32 Å². The number of carbonyl (C=O) groups is 2. The molecule has 220 valence electrons. The van der Waals surface area contributed by atoms with Gasteiger partial charge in [0.1, 0.15) is 11.6 Å². The molecule has 2 N–H and O–H groups in total. The summed E-state index contributed by atoms with van der Waals surface area (Å²) in [6, 6.07) is 14.1. The van der Waals surface area contributed by atoms with Gasteiger partial charge in [-0.2, -0.15) is 0 Å². The number of aromatic nitrogens is 4. The third-order valence-corrected chi connectivity index (χ3v) is 5.98. The number of unbranched alkanes of at least 4 members (excludes halogenated alkanes) is 1. The largest absolute Gasteiger partial charge is 0.573 e. The Labute approximate surface area is 236 Å². The van der Waals surface area contributed by atoms with E-state index >= 15 is 0 Å². The summed E-state index contributed by atoms with van der Waals surface area (Å²) < 4.78 is 57.8. The zero-order chi connectivity index (χ0) is 30.1. The number of hydrogen-bond acceptors (Lipinski definition) is 6. The quantitative estimate of drug-likeness (QED) is 0.191. The molecule has 0 unspecified atom stereocenters. The molecule has 0 saturated carbocycles. The van der Waals surface area contributed by atoms with Gasteiger partial charge in [-0.05, 0) is 48.2 Å². The first-order valence-electron chi connectivity index (χ1n) is 12.8. The highest BCUT2D eigenvalue weighted by atomic mass is 19.4. The fraction of sp³-hybridized carbons (Fsp3) is 0.250. The summed E-state index contributed by atoms with van der Waals surface area (Å²) in [5.74, 6) is -1.85. The molecule has 4 rings (SSSR count). The number of halogens is 4. The monoisotopic (exact) mass is 586 g/mol. The molecule has 0 aliphatic rings. The van der Waals surface area contributed by atoms with Crippen LogP contribution in [0.15, 0.2) is 77.9 Å². The Kier molecular flexibility index (Phi) is 9.68. The molecule has 0 fully saturated rings. The molecule has 0 aliphatic carbocycles. The maximum Gasteiger partial charge on any atom is 0.573 e. The Morgan fingerprint density at radius 3 is 2.52 bits per heavy atom. The van der Waals surface area contributed by atoms with Gasteiger partial charge < -0.3 is 19.9 Å².